The van der Waals surface area contributed by atoms with Gasteiger partial charge in [0.25, 0.3) is 0 Å². The minimum Gasteiger partial charge on any atom is -0.350 e. The highest BCUT2D eigenvalue weighted by Crippen LogP contribution is 2.07. The van der Waals surface area contributed by atoms with E-state index >= 15 is 0 Å². The molecule has 0 amide bonds. The number of nitrogens with zero attached hydrogens (tertiary/aromatic N) is 2. The molecular formula is C17H19N3O. The van der Waals surface area contributed by atoms with Crippen LogP contribution in [0.5, 0.6) is 0 Å². The summed E-state index contributed by atoms with van der Waals surface area (Å²) in [6.45, 7) is 2.88. The van der Waals surface area contributed by atoms with E-state index in [0.29, 0.717) is 6.61 Å². The number of benzene rings is 2. The topological polar surface area (TPSA) is 36.9 Å². The number of hydrogen-bond donors (Lipinski definition) is 1. The molecule has 0 atom stereocenters. The van der Waals surface area contributed by atoms with Crippen LogP contribution in [0.1, 0.15) is 11.1 Å². The van der Waals surface area contributed by atoms with Gasteiger partial charge in [0.2, 0.25) is 5.96 Å². The molecule has 0 aliphatic carbocycles. The van der Waals surface area contributed by atoms with Crippen LogP contribution in [-0.4, -0.2) is 24.1 Å². The van der Waals surface area contributed by atoms with Crippen molar-refractivity contribution >= 4 is 5.96 Å². The molecule has 1 heterocycles. The third-order valence-electron chi connectivity index (χ3n) is 3.32. The molecule has 0 aromatic heterocycles. The van der Waals surface area contributed by atoms with Crippen molar-refractivity contribution in [2.24, 2.45) is 4.99 Å². The van der Waals surface area contributed by atoms with Gasteiger partial charge in [-0.25, -0.2) is 10.1 Å². The Hall–Kier alpha value is -2.33. The van der Waals surface area contributed by atoms with E-state index in [1.807, 2.05) is 41.5 Å². The fourth-order valence-electron chi connectivity index (χ4n) is 2.20. The molecule has 4 heteroatoms. The number of hydrogen-bond acceptors (Lipinski definition) is 4. The molecule has 0 saturated carbocycles. The van der Waals surface area contributed by atoms with Crippen molar-refractivity contribution in [1.82, 2.24) is 10.4 Å². The summed E-state index contributed by atoms with van der Waals surface area (Å²) in [6, 6.07) is 20.5. The first-order valence-corrected chi connectivity index (χ1v) is 7.18. The molecule has 0 bridgehead atoms. The SMILES string of the molecule is c1ccc(CNC2=NCCN2OCc2ccccc2)cc1. The molecule has 1 aliphatic heterocycles. The second-order valence-electron chi connectivity index (χ2n) is 4.91. The maximum atomic E-state index is 5.83. The van der Waals surface area contributed by atoms with Gasteiger partial charge in [0.1, 0.15) is 6.61 Å². The third-order valence-corrected chi connectivity index (χ3v) is 3.32. The second-order valence-corrected chi connectivity index (χ2v) is 4.91. The van der Waals surface area contributed by atoms with Gasteiger partial charge in [0.15, 0.2) is 0 Å². The minimum absolute atomic E-state index is 0.562. The zero-order valence-corrected chi connectivity index (χ0v) is 11.9. The van der Waals surface area contributed by atoms with Crippen molar-refractivity contribution in [3.05, 3.63) is 71.8 Å². The number of hydroxylamine groups is 2. The molecule has 0 spiro atoms. The third kappa shape index (κ3) is 3.83. The van der Waals surface area contributed by atoms with Gasteiger partial charge < -0.3 is 5.32 Å². The second kappa shape index (κ2) is 6.90. The van der Waals surface area contributed by atoms with E-state index in [9.17, 15) is 0 Å². The summed E-state index contributed by atoms with van der Waals surface area (Å²) in [5.74, 6) is 0.815. The van der Waals surface area contributed by atoms with Gasteiger partial charge in [-0.1, -0.05) is 60.7 Å². The van der Waals surface area contributed by atoms with Gasteiger partial charge in [-0.3, -0.25) is 4.84 Å². The maximum absolute atomic E-state index is 5.83. The monoisotopic (exact) mass is 281 g/mol. The van der Waals surface area contributed by atoms with Crippen LogP contribution in [0.3, 0.4) is 0 Å². The van der Waals surface area contributed by atoms with E-state index < -0.39 is 0 Å². The van der Waals surface area contributed by atoms with Crippen molar-refractivity contribution in [2.45, 2.75) is 13.2 Å². The fourth-order valence-corrected chi connectivity index (χ4v) is 2.20. The summed E-state index contributed by atoms with van der Waals surface area (Å²) in [5.41, 5.74) is 2.39. The Kier molecular flexibility index (Phi) is 4.49. The summed E-state index contributed by atoms with van der Waals surface area (Å²) >= 11 is 0. The summed E-state index contributed by atoms with van der Waals surface area (Å²) in [7, 11) is 0. The van der Waals surface area contributed by atoms with Crippen molar-refractivity contribution < 1.29 is 4.84 Å². The lowest BCUT2D eigenvalue weighted by molar-refractivity contribution is -0.106. The van der Waals surface area contributed by atoms with Gasteiger partial charge in [0, 0.05) is 6.54 Å². The lowest BCUT2D eigenvalue weighted by atomic mass is 10.2. The van der Waals surface area contributed by atoms with Gasteiger partial charge >= 0.3 is 0 Å². The Morgan fingerprint density at radius 1 is 0.952 bits per heavy atom. The predicted octanol–water partition coefficient (Wildman–Crippen LogP) is 2.58. The highest BCUT2D eigenvalue weighted by molar-refractivity contribution is 5.80. The first-order valence-electron chi connectivity index (χ1n) is 7.18. The Balaban J connectivity index is 1.51. The number of nitrogens with one attached hydrogen (secondary N) is 1. The maximum Gasteiger partial charge on any atom is 0.218 e. The van der Waals surface area contributed by atoms with E-state index in [-0.39, 0.29) is 0 Å². The van der Waals surface area contributed by atoms with Crippen LogP contribution in [0.2, 0.25) is 0 Å². The van der Waals surface area contributed by atoms with Crippen LogP contribution in [0.25, 0.3) is 0 Å². The first-order chi connectivity index (χ1) is 10.4. The molecular weight excluding hydrogens is 262 g/mol. The molecule has 2 aromatic rings. The standard InChI is InChI=1S/C17H19N3O/c1-3-7-15(8-4-1)13-19-17-18-11-12-20(17)21-14-16-9-5-2-6-10-16/h1-10H,11-14H2,(H,18,19). The Morgan fingerprint density at radius 2 is 1.62 bits per heavy atom. The Labute approximate surface area is 125 Å². The molecule has 0 saturated heterocycles. The lowest BCUT2D eigenvalue weighted by Gasteiger charge is -2.20. The Morgan fingerprint density at radius 3 is 2.33 bits per heavy atom. The minimum atomic E-state index is 0.562. The molecule has 4 nitrogen and oxygen atoms in total. The predicted molar refractivity (Wildman–Crippen MR) is 83.5 cm³/mol. The smallest absolute Gasteiger partial charge is 0.218 e. The summed E-state index contributed by atoms with van der Waals surface area (Å²) in [4.78, 5) is 10.3. The van der Waals surface area contributed by atoms with Crippen LogP contribution >= 0.6 is 0 Å². The van der Waals surface area contributed by atoms with Crippen molar-refractivity contribution in [3.8, 4) is 0 Å². The zero-order valence-electron chi connectivity index (χ0n) is 11.9. The average Bonchev–Trinajstić information content (AvgIpc) is 3.00. The molecule has 1 N–H and O–H groups in total. The Bertz CT molecular complexity index is 583. The first kappa shape index (κ1) is 13.6. The van der Waals surface area contributed by atoms with Gasteiger partial charge in [-0.15, -0.1) is 0 Å². The number of guanidine groups is 1. The van der Waals surface area contributed by atoms with Gasteiger partial charge in [0.05, 0.1) is 13.1 Å². The summed E-state index contributed by atoms with van der Waals surface area (Å²) in [6.07, 6.45) is 0. The molecule has 3 rings (SSSR count). The molecule has 1 aliphatic rings. The van der Waals surface area contributed by atoms with Crippen molar-refractivity contribution in [2.75, 3.05) is 13.1 Å². The van der Waals surface area contributed by atoms with Crippen LogP contribution in [0.4, 0.5) is 0 Å². The van der Waals surface area contributed by atoms with Crippen LogP contribution in [0.15, 0.2) is 65.7 Å². The van der Waals surface area contributed by atoms with E-state index in [4.69, 9.17) is 4.84 Å². The summed E-state index contributed by atoms with van der Waals surface area (Å²) < 4.78 is 0. The van der Waals surface area contributed by atoms with Crippen LogP contribution < -0.4 is 5.32 Å². The fraction of sp³-hybridized carbons (Fsp3) is 0.235. The number of aliphatic imine (C=N–C) groups is 1. The molecule has 0 fully saturated rings. The van der Waals surface area contributed by atoms with E-state index in [1.54, 1.807) is 0 Å². The molecule has 0 radical (unpaired) electrons. The normalized spacial score (nSPS) is 14.1. The molecule has 108 valence electrons. The van der Waals surface area contributed by atoms with Crippen molar-refractivity contribution in [3.63, 3.8) is 0 Å². The van der Waals surface area contributed by atoms with E-state index in [2.05, 4.69) is 34.6 Å². The summed E-state index contributed by atoms with van der Waals surface area (Å²) in [5, 5.41) is 5.18. The molecule has 2 aromatic carbocycles. The van der Waals surface area contributed by atoms with Crippen LogP contribution in [-0.2, 0) is 18.0 Å². The highest BCUT2D eigenvalue weighted by atomic mass is 16.7. The van der Waals surface area contributed by atoms with Crippen LogP contribution in [0, 0.1) is 0 Å². The van der Waals surface area contributed by atoms with Gasteiger partial charge in [-0.05, 0) is 11.1 Å². The van der Waals surface area contributed by atoms with E-state index in [0.717, 1.165) is 31.2 Å². The average molecular weight is 281 g/mol. The largest absolute Gasteiger partial charge is 0.350 e. The number of rotatable bonds is 5. The molecule has 21 heavy (non-hydrogen) atoms. The van der Waals surface area contributed by atoms with Crippen molar-refractivity contribution in [1.29, 1.82) is 0 Å². The molecule has 0 unspecified atom stereocenters. The quantitative estimate of drug-likeness (QED) is 0.915. The van der Waals surface area contributed by atoms with Gasteiger partial charge in [-0.2, -0.15) is 0 Å². The zero-order chi connectivity index (χ0) is 14.3. The highest BCUT2D eigenvalue weighted by Gasteiger charge is 2.17. The van der Waals surface area contributed by atoms with E-state index in [1.165, 1.54) is 5.56 Å². The lowest BCUT2D eigenvalue weighted by Crippen LogP contribution is -2.37.